The Hall–Kier alpha value is -2.13. The van der Waals surface area contributed by atoms with E-state index in [0.29, 0.717) is 12.8 Å². The number of benzene rings is 2. The summed E-state index contributed by atoms with van der Waals surface area (Å²) in [4.78, 5) is 12.1. The summed E-state index contributed by atoms with van der Waals surface area (Å²) < 4.78 is 12.6. The Labute approximate surface area is 158 Å². The van der Waals surface area contributed by atoms with Gasteiger partial charge in [0.15, 0.2) is 0 Å². The number of aliphatic hydroxyl groups excluding tert-OH is 1. The van der Waals surface area contributed by atoms with Gasteiger partial charge >= 0.3 is 5.97 Å². The van der Waals surface area contributed by atoms with E-state index in [1.807, 2.05) is 39.0 Å². The van der Waals surface area contributed by atoms with Gasteiger partial charge in [0.05, 0.1) is 0 Å². The number of hydrogen-bond acceptors (Lipinski definition) is 3. The normalized spacial score (nSPS) is 13.2. The van der Waals surface area contributed by atoms with E-state index in [-0.39, 0.29) is 18.5 Å². The number of aliphatic hydroxyl groups is 1. The second kappa shape index (κ2) is 9.00. The van der Waals surface area contributed by atoms with E-state index in [1.54, 1.807) is 0 Å². The fourth-order valence-electron chi connectivity index (χ4n) is 2.98. The third kappa shape index (κ3) is 6.30. The van der Waals surface area contributed by atoms with Crippen LogP contribution in [0.5, 0.6) is 0 Å². The maximum absolute atomic E-state index is 12.1. The third-order valence-corrected chi connectivity index (χ3v) is 4.40. The molecule has 0 fully saturated rings. The van der Waals surface area contributed by atoms with Crippen LogP contribution in [0.3, 0.4) is 0 Å². The summed E-state index contributed by atoms with van der Waals surface area (Å²) in [5, 5.41) is 4.68. The van der Waals surface area contributed by atoms with Gasteiger partial charge in [-0.25, -0.2) is 0 Å². The van der Waals surface area contributed by atoms with Crippen LogP contribution in [-0.2, 0) is 16.0 Å². The Bertz CT molecular complexity index is 735. The van der Waals surface area contributed by atoms with Crippen molar-refractivity contribution in [1.82, 2.24) is 0 Å². The SMILES string of the molecule is [3H]OC[C@@H](CCC(=O)OC(C)(C)C)c1ccc(C)c(Cc2ccccc2)c1. The van der Waals surface area contributed by atoms with Crippen LogP contribution in [0.2, 0.25) is 0 Å². The summed E-state index contributed by atoms with van der Waals surface area (Å²) in [6.45, 7) is 7.97. The monoisotopic (exact) mass is 356 g/mol. The standard InChI is InChI=1S/C23H30O3/c1-17-10-11-19(15-21(17)14-18-8-6-5-7-9-18)20(16-24)12-13-22(25)26-23(2,3)4/h5-11,15,20,24H,12-14,16H2,1-4H3/t20-/m1/s1/i24T. The first-order valence-corrected chi connectivity index (χ1v) is 9.22. The van der Waals surface area contributed by atoms with E-state index >= 15 is 0 Å². The Kier molecular flexibility index (Phi) is 6.45. The molecule has 1 N–H and O–H groups in total. The van der Waals surface area contributed by atoms with Crippen molar-refractivity contribution in [3.8, 4) is 0 Å². The van der Waals surface area contributed by atoms with Gasteiger partial charge < -0.3 is 9.85 Å². The summed E-state index contributed by atoms with van der Waals surface area (Å²) in [5.74, 6) is -0.223. The van der Waals surface area contributed by atoms with Crippen LogP contribution in [0.25, 0.3) is 0 Å². The summed E-state index contributed by atoms with van der Waals surface area (Å²) in [5.41, 5.74) is 4.37. The topological polar surface area (TPSA) is 46.5 Å². The average molecular weight is 356 g/mol. The minimum absolute atomic E-state index is 0.00913. The molecule has 0 spiro atoms. The predicted molar refractivity (Wildman–Crippen MR) is 105 cm³/mol. The molecule has 0 unspecified atom stereocenters. The molecule has 0 aliphatic rings. The molecule has 0 amide bonds. The molecule has 0 heterocycles. The summed E-state index contributed by atoms with van der Waals surface area (Å²) in [7, 11) is 0. The van der Waals surface area contributed by atoms with Crippen LogP contribution in [0.4, 0.5) is 0 Å². The molecule has 1 atom stereocenters. The van der Waals surface area contributed by atoms with Gasteiger partial charge in [0.1, 0.15) is 5.60 Å². The maximum atomic E-state index is 12.1. The minimum Gasteiger partial charge on any atom is -0.460 e. The molecule has 0 aliphatic carbocycles. The lowest BCUT2D eigenvalue weighted by molar-refractivity contribution is -0.155. The lowest BCUT2D eigenvalue weighted by Gasteiger charge is -2.21. The van der Waals surface area contributed by atoms with Gasteiger partial charge in [0.2, 0.25) is 1.43 Å². The second-order valence-corrected chi connectivity index (χ2v) is 7.84. The lowest BCUT2D eigenvalue weighted by Crippen LogP contribution is -2.24. The number of carbonyl (C=O) groups is 1. The zero-order valence-corrected chi connectivity index (χ0v) is 16.2. The van der Waals surface area contributed by atoms with Gasteiger partial charge in [0.25, 0.3) is 0 Å². The average Bonchev–Trinajstić information content (AvgIpc) is 2.60. The zero-order valence-electron chi connectivity index (χ0n) is 17.2. The van der Waals surface area contributed by atoms with Crippen LogP contribution in [-0.4, -0.2) is 24.7 Å². The number of esters is 1. The molecule has 0 bridgehead atoms. The van der Waals surface area contributed by atoms with Crippen molar-refractivity contribution in [3.05, 3.63) is 70.8 Å². The van der Waals surface area contributed by atoms with Crippen LogP contribution in [0.15, 0.2) is 48.5 Å². The van der Waals surface area contributed by atoms with Crippen molar-refractivity contribution in [3.63, 3.8) is 0 Å². The lowest BCUT2D eigenvalue weighted by atomic mass is 9.90. The van der Waals surface area contributed by atoms with Gasteiger partial charge in [-0.2, -0.15) is 0 Å². The summed E-state index contributed by atoms with van der Waals surface area (Å²) in [6.07, 6.45) is 1.77. The Morgan fingerprint density at radius 1 is 1.19 bits per heavy atom. The molecule has 3 heteroatoms. The van der Waals surface area contributed by atoms with E-state index in [4.69, 9.17) is 6.17 Å². The molecular formula is C23H30O3. The first-order valence-electron chi connectivity index (χ1n) is 9.62. The number of hydrogen-bond donors (Lipinski definition) is 1. The molecule has 26 heavy (non-hydrogen) atoms. The van der Waals surface area contributed by atoms with Crippen molar-refractivity contribution in [1.29, 1.82) is 1.43 Å². The molecule has 2 rings (SSSR count). The summed E-state index contributed by atoms with van der Waals surface area (Å²) >= 11 is 0. The molecule has 0 saturated carbocycles. The molecular weight excluding hydrogens is 324 g/mol. The molecule has 0 radical (unpaired) electrons. The second-order valence-electron chi connectivity index (χ2n) is 7.84. The number of ether oxygens (including phenoxy) is 1. The van der Waals surface area contributed by atoms with Crippen molar-refractivity contribution < 1.29 is 14.6 Å². The third-order valence-electron chi connectivity index (χ3n) is 4.40. The fraction of sp³-hybridized carbons (Fsp3) is 0.435. The Balaban J connectivity index is 2.12. The van der Waals surface area contributed by atoms with Crippen molar-refractivity contribution >= 4 is 5.97 Å². The molecule has 140 valence electrons. The number of aryl methyl sites for hydroxylation is 1. The van der Waals surface area contributed by atoms with Crippen LogP contribution in [0, 0.1) is 6.92 Å². The highest BCUT2D eigenvalue weighted by Gasteiger charge is 2.19. The number of carbonyl (C=O) groups excluding carboxylic acids is 1. The van der Waals surface area contributed by atoms with Crippen LogP contribution >= 0.6 is 0 Å². The molecule has 2 aromatic carbocycles. The Morgan fingerprint density at radius 3 is 2.58 bits per heavy atom. The van der Waals surface area contributed by atoms with E-state index in [1.165, 1.54) is 16.7 Å². The highest BCUT2D eigenvalue weighted by molar-refractivity contribution is 5.69. The van der Waals surface area contributed by atoms with E-state index in [2.05, 4.69) is 42.4 Å². The Morgan fingerprint density at radius 2 is 1.92 bits per heavy atom. The summed E-state index contributed by atoms with van der Waals surface area (Å²) in [6, 6.07) is 16.7. The quantitative estimate of drug-likeness (QED) is 0.692. The largest absolute Gasteiger partial charge is 0.460 e. The smallest absolute Gasteiger partial charge is 0.306 e. The molecule has 0 aromatic heterocycles. The van der Waals surface area contributed by atoms with Crippen molar-refractivity contribution in [2.45, 2.75) is 58.5 Å². The first kappa shape index (κ1) is 18.7. The molecule has 0 aliphatic heterocycles. The van der Waals surface area contributed by atoms with E-state index in [9.17, 15) is 4.79 Å². The van der Waals surface area contributed by atoms with Crippen molar-refractivity contribution in [2.24, 2.45) is 0 Å². The highest BCUT2D eigenvalue weighted by Crippen LogP contribution is 2.25. The molecule has 2 aromatic rings. The predicted octanol–water partition coefficient (Wildman–Crippen LogP) is 4.78. The van der Waals surface area contributed by atoms with Gasteiger partial charge in [-0.1, -0.05) is 48.5 Å². The minimum atomic E-state index is -0.481. The van der Waals surface area contributed by atoms with E-state index < -0.39 is 5.60 Å². The van der Waals surface area contributed by atoms with E-state index in [0.717, 1.165) is 12.0 Å². The highest BCUT2D eigenvalue weighted by atomic mass is 16.6. The fourth-order valence-corrected chi connectivity index (χ4v) is 2.98. The van der Waals surface area contributed by atoms with Gasteiger partial charge in [-0.15, -0.1) is 0 Å². The van der Waals surface area contributed by atoms with Gasteiger partial charge in [0, 0.05) is 18.9 Å². The zero-order chi connectivity index (χ0) is 19.9. The first-order chi connectivity index (χ1) is 12.8. The van der Waals surface area contributed by atoms with Gasteiger partial charge in [-0.3, -0.25) is 4.79 Å². The van der Waals surface area contributed by atoms with Gasteiger partial charge in [-0.05, 0) is 62.8 Å². The van der Waals surface area contributed by atoms with Crippen LogP contribution in [0.1, 0.15) is 61.8 Å². The molecule has 3 nitrogen and oxygen atoms in total. The number of rotatable bonds is 8. The maximum Gasteiger partial charge on any atom is 0.306 e. The van der Waals surface area contributed by atoms with Crippen molar-refractivity contribution in [2.75, 3.05) is 6.61 Å². The van der Waals surface area contributed by atoms with Crippen LogP contribution < -0.4 is 0 Å². The molecule has 0 saturated heterocycles.